The largest absolute Gasteiger partial charge is 0.496 e. The monoisotopic (exact) mass is 295 g/mol. The average Bonchev–Trinajstić information content (AvgIpc) is 2.80. The van der Waals surface area contributed by atoms with Crippen LogP contribution in [0.25, 0.3) is 0 Å². The summed E-state index contributed by atoms with van der Waals surface area (Å²) in [7, 11) is 2.97. The average molecular weight is 295 g/mol. The minimum absolute atomic E-state index is 0.372. The van der Waals surface area contributed by atoms with Crippen molar-refractivity contribution in [2.45, 2.75) is 9.79 Å². The summed E-state index contributed by atoms with van der Waals surface area (Å²) in [4.78, 5) is 13.7. The van der Waals surface area contributed by atoms with Gasteiger partial charge in [-0.3, -0.25) is 0 Å². The van der Waals surface area contributed by atoms with Crippen LogP contribution in [-0.2, 0) is 4.74 Å². The first-order chi connectivity index (χ1) is 9.15. The summed E-state index contributed by atoms with van der Waals surface area (Å²) >= 11 is 2.69. The number of methoxy groups -OCH3 is 2. The molecular weight excluding hydrogens is 282 g/mol. The van der Waals surface area contributed by atoms with Crippen LogP contribution in [0.4, 0.5) is 5.00 Å². The Morgan fingerprint density at radius 1 is 1.26 bits per heavy atom. The third kappa shape index (κ3) is 3.02. The maximum Gasteiger partial charge on any atom is 0.348 e. The van der Waals surface area contributed by atoms with Crippen molar-refractivity contribution < 1.29 is 14.3 Å². The van der Waals surface area contributed by atoms with Crippen molar-refractivity contribution in [3.8, 4) is 5.75 Å². The van der Waals surface area contributed by atoms with Crippen molar-refractivity contribution in [3.63, 3.8) is 0 Å². The number of benzene rings is 1. The summed E-state index contributed by atoms with van der Waals surface area (Å²) in [5.74, 6) is 0.404. The van der Waals surface area contributed by atoms with Crippen LogP contribution in [-0.4, -0.2) is 20.2 Å². The number of esters is 1. The van der Waals surface area contributed by atoms with Gasteiger partial charge in [0.1, 0.15) is 15.6 Å². The zero-order valence-electron chi connectivity index (χ0n) is 10.5. The highest BCUT2D eigenvalue weighted by Crippen LogP contribution is 2.41. The van der Waals surface area contributed by atoms with Crippen LogP contribution in [0.15, 0.2) is 40.1 Å². The van der Waals surface area contributed by atoms with Crippen molar-refractivity contribution in [3.05, 3.63) is 35.2 Å². The lowest BCUT2D eigenvalue weighted by atomic mass is 10.3. The SMILES string of the molecule is COC(=O)c1cc(Sc2ccccc2OC)c(N)s1. The normalized spacial score (nSPS) is 10.2. The number of thiophene rings is 1. The van der Waals surface area contributed by atoms with Gasteiger partial charge < -0.3 is 15.2 Å². The molecule has 1 aromatic heterocycles. The molecule has 1 aromatic carbocycles. The summed E-state index contributed by atoms with van der Waals surface area (Å²) in [6, 6.07) is 9.39. The number of hydrogen-bond donors (Lipinski definition) is 1. The second-order valence-electron chi connectivity index (χ2n) is 3.58. The summed E-state index contributed by atoms with van der Waals surface area (Å²) in [6.07, 6.45) is 0. The molecule has 0 amide bonds. The lowest BCUT2D eigenvalue weighted by molar-refractivity contribution is 0.0606. The molecule has 0 bridgehead atoms. The minimum Gasteiger partial charge on any atom is -0.496 e. The van der Waals surface area contributed by atoms with Crippen molar-refractivity contribution in [1.29, 1.82) is 0 Å². The number of carbonyl (C=O) groups excluding carboxylic acids is 1. The molecule has 1 heterocycles. The first-order valence-electron chi connectivity index (χ1n) is 5.44. The predicted octanol–water partition coefficient (Wildman–Crippen LogP) is 3.28. The molecule has 4 nitrogen and oxygen atoms in total. The Hall–Kier alpha value is -1.66. The highest BCUT2D eigenvalue weighted by molar-refractivity contribution is 7.99. The number of carbonyl (C=O) groups is 1. The van der Waals surface area contributed by atoms with Gasteiger partial charge in [0.2, 0.25) is 0 Å². The fourth-order valence-electron chi connectivity index (χ4n) is 1.49. The fourth-order valence-corrected chi connectivity index (χ4v) is 3.47. The van der Waals surface area contributed by atoms with Crippen LogP contribution >= 0.6 is 23.1 Å². The topological polar surface area (TPSA) is 61.5 Å². The van der Waals surface area contributed by atoms with Crippen LogP contribution in [0.1, 0.15) is 9.67 Å². The van der Waals surface area contributed by atoms with Gasteiger partial charge in [0.25, 0.3) is 0 Å². The highest BCUT2D eigenvalue weighted by atomic mass is 32.2. The molecule has 19 heavy (non-hydrogen) atoms. The molecular formula is C13H13NO3S2. The van der Waals surface area contributed by atoms with E-state index in [-0.39, 0.29) is 5.97 Å². The number of anilines is 1. The highest BCUT2D eigenvalue weighted by Gasteiger charge is 2.15. The maximum absolute atomic E-state index is 11.5. The van der Waals surface area contributed by atoms with E-state index in [0.717, 1.165) is 15.5 Å². The number of para-hydroxylation sites is 1. The lowest BCUT2D eigenvalue weighted by Gasteiger charge is -2.06. The number of hydrogen-bond acceptors (Lipinski definition) is 6. The van der Waals surface area contributed by atoms with E-state index in [9.17, 15) is 4.79 Å². The molecule has 2 rings (SSSR count). The molecule has 0 aliphatic rings. The number of ether oxygens (including phenoxy) is 2. The minimum atomic E-state index is -0.372. The molecule has 0 spiro atoms. The fraction of sp³-hybridized carbons (Fsp3) is 0.154. The van der Waals surface area contributed by atoms with E-state index in [4.69, 9.17) is 10.5 Å². The number of rotatable bonds is 4. The number of nitrogen functional groups attached to an aromatic ring is 1. The van der Waals surface area contributed by atoms with Crippen LogP contribution < -0.4 is 10.5 Å². The Morgan fingerprint density at radius 2 is 2.00 bits per heavy atom. The molecule has 0 aliphatic heterocycles. The Labute approximate surface area is 119 Å². The second-order valence-corrected chi connectivity index (χ2v) is 5.75. The maximum atomic E-state index is 11.5. The Kier molecular flexibility index (Phi) is 4.34. The lowest BCUT2D eigenvalue weighted by Crippen LogP contribution is -1.96. The molecule has 0 saturated carbocycles. The van der Waals surface area contributed by atoms with Gasteiger partial charge in [-0.05, 0) is 18.2 Å². The molecule has 0 radical (unpaired) electrons. The molecule has 0 atom stereocenters. The summed E-state index contributed by atoms with van der Waals surface area (Å²) in [5.41, 5.74) is 5.92. The Bertz CT molecular complexity index is 595. The van der Waals surface area contributed by atoms with Crippen LogP contribution in [0.5, 0.6) is 5.75 Å². The van der Waals surface area contributed by atoms with E-state index in [0.29, 0.717) is 9.88 Å². The van der Waals surface area contributed by atoms with Crippen LogP contribution in [0.3, 0.4) is 0 Å². The van der Waals surface area contributed by atoms with Crippen molar-refractivity contribution >= 4 is 34.1 Å². The Morgan fingerprint density at radius 3 is 2.68 bits per heavy atom. The van der Waals surface area contributed by atoms with E-state index in [1.165, 1.54) is 30.2 Å². The van der Waals surface area contributed by atoms with Gasteiger partial charge in [0, 0.05) is 4.90 Å². The van der Waals surface area contributed by atoms with E-state index >= 15 is 0 Å². The van der Waals surface area contributed by atoms with Crippen molar-refractivity contribution in [1.82, 2.24) is 0 Å². The molecule has 2 aromatic rings. The van der Waals surface area contributed by atoms with Gasteiger partial charge in [-0.15, -0.1) is 11.3 Å². The standard InChI is InChI=1S/C13H13NO3S2/c1-16-8-5-3-4-6-9(8)18-10-7-11(13(15)17-2)19-12(10)14/h3-7H,14H2,1-2H3. The molecule has 0 saturated heterocycles. The van der Waals surface area contributed by atoms with Crippen molar-refractivity contribution in [2.24, 2.45) is 0 Å². The quantitative estimate of drug-likeness (QED) is 0.877. The van der Waals surface area contributed by atoms with Gasteiger partial charge in [0.15, 0.2) is 0 Å². The first kappa shape index (κ1) is 13.8. The zero-order valence-corrected chi connectivity index (χ0v) is 12.1. The van der Waals surface area contributed by atoms with Gasteiger partial charge >= 0.3 is 5.97 Å². The van der Waals surface area contributed by atoms with E-state index in [1.54, 1.807) is 13.2 Å². The third-order valence-corrected chi connectivity index (χ3v) is 4.59. The van der Waals surface area contributed by atoms with E-state index in [2.05, 4.69) is 4.74 Å². The van der Waals surface area contributed by atoms with Gasteiger partial charge in [0.05, 0.1) is 19.1 Å². The van der Waals surface area contributed by atoms with Gasteiger partial charge in [-0.1, -0.05) is 23.9 Å². The summed E-state index contributed by atoms with van der Waals surface area (Å²) in [6.45, 7) is 0. The summed E-state index contributed by atoms with van der Waals surface area (Å²) in [5, 5.41) is 0.594. The number of nitrogens with two attached hydrogens (primary N) is 1. The van der Waals surface area contributed by atoms with Crippen LogP contribution in [0.2, 0.25) is 0 Å². The van der Waals surface area contributed by atoms with Crippen LogP contribution in [0, 0.1) is 0 Å². The second kappa shape index (κ2) is 5.99. The Balaban J connectivity index is 2.28. The first-order valence-corrected chi connectivity index (χ1v) is 7.07. The van der Waals surface area contributed by atoms with Gasteiger partial charge in [-0.25, -0.2) is 4.79 Å². The van der Waals surface area contributed by atoms with Crippen molar-refractivity contribution in [2.75, 3.05) is 20.0 Å². The smallest absolute Gasteiger partial charge is 0.348 e. The third-order valence-electron chi connectivity index (χ3n) is 2.40. The molecule has 2 N–H and O–H groups in total. The molecule has 100 valence electrons. The predicted molar refractivity (Wildman–Crippen MR) is 77.2 cm³/mol. The summed E-state index contributed by atoms with van der Waals surface area (Å²) < 4.78 is 9.96. The molecule has 0 unspecified atom stereocenters. The van der Waals surface area contributed by atoms with Gasteiger partial charge in [-0.2, -0.15) is 0 Å². The molecule has 0 aliphatic carbocycles. The zero-order chi connectivity index (χ0) is 13.8. The molecule has 0 fully saturated rings. The van der Waals surface area contributed by atoms with E-state index < -0.39 is 0 Å². The van der Waals surface area contributed by atoms with E-state index in [1.807, 2.05) is 24.3 Å². The molecule has 6 heteroatoms.